The maximum Gasteiger partial charge on any atom is 0.451 e. The van der Waals surface area contributed by atoms with Gasteiger partial charge >= 0.3 is 6.18 Å². The number of hydrogen-bond acceptors (Lipinski definition) is 8. The second kappa shape index (κ2) is 6.51. The van der Waals surface area contributed by atoms with Crippen LogP contribution < -0.4 is 0 Å². The van der Waals surface area contributed by atoms with Crippen LogP contribution in [0.4, 0.5) is 13.2 Å². The molecule has 0 radical (unpaired) electrons. The summed E-state index contributed by atoms with van der Waals surface area (Å²) in [5.74, 6) is -1.03. The summed E-state index contributed by atoms with van der Waals surface area (Å²) >= 11 is 0. The van der Waals surface area contributed by atoms with Crippen LogP contribution in [0.1, 0.15) is 24.1 Å². The van der Waals surface area contributed by atoms with Gasteiger partial charge in [0.25, 0.3) is 11.8 Å². The number of nitrogens with zero attached hydrogens (tertiary/aromatic N) is 8. The van der Waals surface area contributed by atoms with Crippen molar-refractivity contribution in [2.45, 2.75) is 26.4 Å². The number of alkyl halides is 3. The molecule has 10 nitrogen and oxygen atoms in total. The lowest BCUT2D eigenvalue weighted by atomic mass is 10.2. The lowest BCUT2D eigenvalue weighted by molar-refractivity contribution is -0.144. The van der Waals surface area contributed by atoms with Crippen LogP contribution in [0.25, 0.3) is 29.2 Å². The first-order chi connectivity index (χ1) is 13.3. The maximum atomic E-state index is 12.7. The van der Waals surface area contributed by atoms with Gasteiger partial charge in [-0.15, -0.1) is 10.2 Å². The standard InChI is InChI=1S/C15H12F3N9O/c1-3-8-4-5-19-9(6-8)10-21-12(28-26-10)11-20-7(2)27(25-11)14-22-13(23-24-14)15(16,17)18/h4-6H,3H2,1-2H3,(H,22,23,24). The topological polar surface area (TPSA) is 124 Å². The van der Waals surface area contributed by atoms with E-state index in [2.05, 4.69) is 35.3 Å². The van der Waals surface area contributed by atoms with Crippen LogP contribution in [0.3, 0.4) is 0 Å². The number of halogens is 3. The average molecular weight is 391 g/mol. The van der Waals surface area contributed by atoms with Crippen molar-refractivity contribution < 1.29 is 17.7 Å². The third-order valence-electron chi connectivity index (χ3n) is 3.78. The first kappa shape index (κ1) is 17.8. The molecule has 4 rings (SSSR count). The molecule has 0 unspecified atom stereocenters. The zero-order valence-corrected chi connectivity index (χ0v) is 14.6. The molecule has 0 bridgehead atoms. The molecule has 144 valence electrons. The Bertz CT molecular complexity index is 1130. The SMILES string of the molecule is CCc1ccnc(-c2noc(-c3nc(C)n(-c4n[nH]c(C(F)(F)F)n4)n3)n2)c1. The van der Waals surface area contributed by atoms with E-state index in [-0.39, 0.29) is 29.3 Å². The molecule has 0 saturated carbocycles. The lowest BCUT2D eigenvalue weighted by Gasteiger charge is -1.98. The van der Waals surface area contributed by atoms with Gasteiger partial charge in [0.05, 0.1) is 0 Å². The Labute approximate surface area is 154 Å². The van der Waals surface area contributed by atoms with Crippen molar-refractivity contribution in [2.24, 2.45) is 0 Å². The summed E-state index contributed by atoms with van der Waals surface area (Å²) in [6, 6.07) is 3.71. The molecule has 0 aliphatic rings. The lowest BCUT2D eigenvalue weighted by Crippen LogP contribution is -2.08. The number of aromatic amines is 1. The number of aryl methyl sites for hydroxylation is 2. The third kappa shape index (κ3) is 3.21. The number of rotatable bonds is 4. The molecule has 0 fully saturated rings. The van der Waals surface area contributed by atoms with E-state index >= 15 is 0 Å². The van der Waals surface area contributed by atoms with Gasteiger partial charge in [0.1, 0.15) is 11.5 Å². The summed E-state index contributed by atoms with van der Waals surface area (Å²) < 4.78 is 44.3. The fourth-order valence-corrected chi connectivity index (χ4v) is 2.38. The predicted octanol–water partition coefficient (Wildman–Crippen LogP) is 2.39. The van der Waals surface area contributed by atoms with Crippen LogP contribution >= 0.6 is 0 Å². The average Bonchev–Trinajstić information content (AvgIpc) is 3.40. The van der Waals surface area contributed by atoms with Crippen LogP contribution in [0.5, 0.6) is 0 Å². The summed E-state index contributed by atoms with van der Waals surface area (Å²) in [5.41, 5.74) is 1.58. The number of hydrogen-bond donors (Lipinski definition) is 1. The highest BCUT2D eigenvalue weighted by atomic mass is 19.4. The van der Waals surface area contributed by atoms with Gasteiger partial charge in [0, 0.05) is 6.20 Å². The number of nitrogens with one attached hydrogen (secondary N) is 1. The minimum Gasteiger partial charge on any atom is -0.330 e. The molecular weight excluding hydrogens is 379 g/mol. The summed E-state index contributed by atoms with van der Waals surface area (Å²) in [7, 11) is 0. The van der Waals surface area contributed by atoms with Crippen molar-refractivity contribution in [3.8, 4) is 29.2 Å². The summed E-state index contributed by atoms with van der Waals surface area (Å²) in [6.45, 7) is 3.54. The maximum absolute atomic E-state index is 12.7. The molecule has 13 heteroatoms. The Kier molecular flexibility index (Phi) is 4.13. The largest absolute Gasteiger partial charge is 0.451 e. The number of aromatic nitrogens is 9. The second-order valence-corrected chi connectivity index (χ2v) is 5.70. The smallest absolute Gasteiger partial charge is 0.330 e. The van der Waals surface area contributed by atoms with Gasteiger partial charge in [-0.05, 0) is 31.0 Å². The Morgan fingerprint density at radius 1 is 1.18 bits per heavy atom. The molecule has 0 amide bonds. The molecule has 28 heavy (non-hydrogen) atoms. The van der Waals surface area contributed by atoms with Crippen LogP contribution in [-0.2, 0) is 12.6 Å². The van der Waals surface area contributed by atoms with E-state index in [1.54, 1.807) is 6.20 Å². The van der Waals surface area contributed by atoms with Crippen molar-refractivity contribution in [3.63, 3.8) is 0 Å². The van der Waals surface area contributed by atoms with Gasteiger partial charge in [-0.3, -0.25) is 10.1 Å². The van der Waals surface area contributed by atoms with Crippen molar-refractivity contribution in [1.82, 2.24) is 45.1 Å². The Balaban J connectivity index is 1.66. The molecule has 0 aliphatic carbocycles. The van der Waals surface area contributed by atoms with Gasteiger partial charge in [0.15, 0.2) is 0 Å². The molecule has 0 atom stereocenters. The summed E-state index contributed by atoms with van der Waals surface area (Å²) in [5, 5.41) is 13.3. The van der Waals surface area contributed by atoms with Crippen LogP contribution in [0.15, 0.2) is 22.9 Å². The van der Waals surface area contributed by atoms with Crippen LogP contribution in [0, 0.1) is 6.92 Å². The van der Waals surface area contributed by atoms with E-state index in [4.69, 9.17) is 4.52 Å². The summed E-state index contributed by atoms with van der Waals surface area (Å²) in [4.78, 5) is 15.9. The Morgan fingerprint density at radius 3 is 2.71 bits per heavy atom. The molecule has 0 spiro atoms. The molecule has 0 saturated heterocycles. The second-order valence-electron chi connectivity index (χ2n) is 5.70. The number of pyridine rings is 1. The van der Waals surface area contributed by atoms with Crippen LogP contribution in [0.2, 0.25) is 0 Å². The fourth-order valence-electron chi connectivity index (χ4n) is 2.38. The van der Waals surface area contributed by atoms with E-state index in [0.717, 1.165) is 16.7 Å². The predicted molar refractivity (Wildman–Crippen MR) is 86.9 cm³/mol. The van der Waals surface area contributed by atoms with Crippen molar-refractivity contribution in [1.29, 1.82) is 0 Å². The first-order valence-electron chi connectivity index (χ1n) is 8.08. The summed E-state index contributed by atoms with van der Waals surface area (Å²) in [6.07, 6.45) is -2.19. The van der Waals surface area contributed by atoms with Crippen LogP contribution in [-0.4, -0.2) is 45.1 Å². The van der Waals surface area contributed by atoms with E-state index in [9.17, 15) is 13.2 Å². The minimum atomic E-state index is -4.65. The zero-order chi connectivity index (χ0) is 19.9. The highest BCUT2D eigenvalue weighted by molar-refractivity contribution is 5.53. The first-order valence-corrected chi connectivity index (χ1v) is 8.08. The highest BCUT2D eigenvalue weighted by Gasteiger charge is 2.35. The van der Waals surface area contributed by atoms with E-state index in [1.165, 1.54) is 6.92 Å². The van der Waals surface area contributed by atoms with Crippen molar-refractivity contribution in [2.75, 3.05) is 0 Å². The molecule has 4 aromatic rings. The molecule has 0 aliphatic heterocycles. The van der Waals surface area contributed by atoms with Gasteiger partial charge in [-0.25, -0.2) is 4.98 Å². The minimum absolute atomic E-state index is 0.00729. The van der Waals surface area contributed by atoms with Crippen molar-refractivity contribution in [3.05, 3.63) is 35.5 Å². The normalized spacial score (nSPS) is 11.9. The quantitative estimate of drug-likeness (QED) is 0.562. The van der Waals surface area contributed by atoms with Crippen molar-refractivity contribution >= 4 is 0 Å². The van der Waals surface area contributed by atoms with Gasteiger partial charge in [0.2, 0.25) is 17.5 Å². The molecule has 0 aromatic carbocycles. The molecular formula is C15H12F3N9O. The van der Waals surface area contributed by atoms with Gasteiger partial charge in [-0.1, -0.05) is 12.1 Å². The zero-order valence-electron chi connectivity index (χ0n) is 14.6. The molecule has 4 aromatic heterocycles. The fraction of sp³-hybridized carbons (Fsp3) is 0.267. The molecule has 4 heterocycles. The Morgan fingerprint density at radius 2 is 2.00 bits per heavy atom. The monoisotopic (exact) mass is 391 g/mol. The Hall–Kier alpha value is -3.64. The molecule has 1 N–H and O–H groups in total. The van der Waals surface area contributed by atoms with E-state index < -0.39 is 12.0 Å². The van der Waals surface area contributed by atoms with Gasteiger partial charge in [-0.2, -0.15) is 27.8 Å². The number of H-pyrrole nitrogens is 1. The van der Waals surface area contributed by atoms with Gasteiger partial charge < -0.3 is 4.52 Å². The third-order valence-corrected chi connectivity index (χ3v) is 3.78. The highest BCUT2D eigenvalue weighted by Crippen LogP contribution is 2.26. The van der Waals surface area contributed by atoms with E-state index in [0.29, 0.717) is 5.69 Å². The van der Waals surface area contributed by atoms with E-state index in [1.807, 2.05) is 24.2 Å².